The second-order valence-corrected chi connectivity index (χ2v) is 4.39. The van der Waals surface area contributed by atoms with Gasteiger partial charge in [-0.25, -0.2) is 4.98 Å². The van der Waals surface area contributed by atoms with Crippen LogP contribution in [0.5, 0.6) is 0 Å². The van der Waals surface area contributed by atoms with Gasteiger partial charge >= 0.3 is 0 Å². The number of imidazole rings is 1. The van der Waals surface area contributed by atoms with Crippen LogP contribution < -0.4 is 10.6 Å². The average molecular weight is 258 g/mol. The number of aryl methyl sites for hydroxylation is 1. The molecule has 1 aromatic heterocycles. The van der Waals surface area contributed by atoms with Crippen molar-refractivity contribution in [1.29, 1.82) is 0 Å². The molecule has 2 N–H and O–H groups in total. The minimum absolute atomic E-state index is 0.0329. The molecule has 0 aliphatic carbocycles. The van der Waals surface area contributed by atoms with Crippen LogP contribution >= 0.6 is 0 Å². The van der Waals surface area contributed by atoms with Crippen LogP contribution in [0.15, 0.2) is 43.0 Å². The Balaban J connectivity index is 1.65. The maximum Gasteiger partial charge on any atom is 0.238 e. The fourth-order valence-corrected chi connectivity index (χ4v) is 1.67. The molecule has 2 aromatic rings. The van der Waals surface area contributed by atoms with Gasteiger partial charge in [0.1, 0.15) is 0 Å². The molecule has 5 heteroatoms. The van der Waals surface area contributed by atoms with Crippen LogP contribution in [0, 0.1) is 6.92 Å². The zero-order chi connectivity index (χ0) is 13.5. The van der Waals surface area contributed by atoms with Gasteiger partial charge in [0.15, 0.2) is 0 Å². The summed E-state index contributed by atoms with van der Waals surface area (Å²) in [5.74, 6) is -0.0329. The van der Waals surface area contributed by atoms with Crippen LogP contribution in [0.4, 0.5) is 5.69 Å². The number of benzene rings is 1. The zero-order valence-corrected chi connectivity index (χ0v) is 11.0. The lowest BCUT2D eigenvalue weighted by atomic mass is 10.2. The van der Waals surface area contributed by atoms with Gasteiger partial charge in [0.25, 0.3) is 0 Å². The summed E-state index contributed by atoms with van der Waals surface area (Å²) in [6, 6.07) is 7.75. The van der Waals surface area contributed by atoms with E-state index in [1.807, 2.05) is 42.0 Å². The Kier molecular flexibility index (Phi) is 4.69. The molecule has 0 radical (unpaired) electrons. The van der Waals surface area contributed by atoms with Gasteiger partial charge in [0, 0.05) is 31.2 Å². The predicted octanol–water partition coefficient (Wildman–Crippen LogP) is 1.42. The van der Waals surface area contributed by atoms with E-state index in [0.29, 0.717) is 6.54 Å². The zero-order valence-electron chi connectivity index (χ0n) is 11.0. The van der Waals surface area contributed by atoms with E-state index >= 15 is 0 Å². The quantitative estimate of drug-likeness (QED) is 0.770. The average Bonchev–Trinajstić information content (AvgIpc) is 2.91. The van der Waals surface area contributed by atoms with Gasteiger partial charge in [-0.2, -0.15) is 0 Å². The van der Waals surface area contributed by atoms with E-state index in [-0.39, 0.29) is 5.91 Å². The van der Waals surface area contributed by atoms with Crippen molar-refractivity contribution in [3.63, 3.8) is 0 Å². The summed E-state index contributed by atoms with van der Waals surface area (Å²) in [4.78, 5) is 15.6. The summed E-state index contributed by atoms with van der Waals surface area (Å²) >= 11 is 0. The monoisotopic (exact) mass is 258 g/mol. The second kappa shape index (κ2) is 6.70. The van der Waals surface area contributed by atoms with Crippen molar-refractivity contribution in [1.82, 2.24) is 14.9 Å². The van der Waals surface area contributed by atoms with E-state index in [0.717, 1.165) is 18.8 Å². The molecule has 0 spiro atoms. The Hall–Kier alpha value is -2.14. The third kappa shape index (κ3) is 4.56. The van der Waals surface area contributed by atoms with Crippen LogP contribution in [0.1, 0.15) is 5.56 Å². The van der Waals surface area contributed by atoms with E-state index < -0.39 is 0 Å². The fourth-order valence-electron chi connectivity index (χ4n) is 1.67. The Bertz CT molecular complexity index is 505. The van der Waals surface area contributed by atoms with Gasteiger partial charge in [0.05, 0.1) is 12.9 Å². The van der Waals surface area contributed by atoms with Crippen molar-refractivity contribution in [2.75, 3.05) is 18.4 Å². The van der Waals surface area contributed by atoms with Crippen LogP contribution in [0.3, 0.4) is 0 Å². The third-order valence-corrected chi connectivity index (χ3v) is 2.73. The molecule has 0 saturated carbocycles. The summed E-state index contributed by atoms with van der Waals surface area (Å²) < 4.78 is 1.96. The molecule has 0 aliphatic heterocycles. The Labute approximate surface area is 112 Å². The molecular weight excluding hydrogens is 240 g/mol. The SMILES string of the molecule is Cc1ccc(NC(=O)CNCCn2ccnc2)cc1. The normalized spacial score (nSPS) is 10.4. The summed E-state index contributed by atoms with van der Waals surface area (Å²) in [7, 11) is 0. The number of nitrogens with one attached hydrogen (secondary N) is 2. The molecule has 1 amide bonds. The molecule has 1 heterocycles. The summed E-state index contributed by atoms with van der Waals surface area (Å²) in [5, 5.41) is 5.94. The van der Waals surface area contributed by atoms with E-state index in [2.05, 4.69) is 15.6 Å². The molecule has 100 valence electrons. The first kappa shape index (κ1) is 13.3. The molecule has 5 nitrogen and oxygen atoms in total. The van der Waals surface area contributed by atoms with Crippen LogP contribution in [0.2, 0.25) is 0 Å². The number of aromatic nitrogens is 2. The first-order valence-electron chi connectivity index (χ1n) is 6.27. The number of anilines is 1. The molecular formula is C14H18N4O. The molecule has 0 atom stereocenters. The third-order valence-electron chi connectivity index (χ3n) is 2.73. The van der Waals surface area contributed by atoms with E-state index in [1.54, 1.807) is 12.5 Å². The molecule has 0 unspecified atom stereocenters. The fraction of sp³-hybridized carbons (Fsp3) is 0.286. The van der Waals surface area contributed by atoms with Crippen LogP contribution in [-0.4, -0.2) is 28.5 Å². The number of carbonyl (C=O) groups excluding carboxylic acids is 1. The van der Waals surface area contributed by atoms with Crippen molar-refractivity contribution < 1.29 is 4.79 Å². The maximum absolute atomic E-state index is 11.7. The summed E-state index contributed by atoms with van der Waals surface area (Å²) in [6.45, 7) is 3.86. The predicted molar refractivity (Wildman–Crippen MR) is 74.9 cm³/mol. The minimum Gasteiger partial charge on any atom is -0.336 e. The number of hydrogen-bond donors (Lipinski definition) is 2. The molecule has 0 saturated heterocycles. The highest BCUT2D eigenvalue weighted by molar-refractivity contribution is 5.92. The van der Waals surface area contributed by atoms with Crippen LogP contribution in [0.25, 0.3) is 0 Å². The number of hydrogen-bond acceptors (Lipinski definition) is 3. The highest BCUT2D eigenvalue weighted by Gasteiger charge is 2.01. The Morgan fingerprint density at radius 1 is 1.32 bits per heavy atom. The molecule has 2 rings (SSSR count). The number of rotatable bonds is 6. The van der Waals surface area contributed by atoms with Gasteiger partial charge in [0.2, 0.25) is 5.91 Å². The van der Waals surface area contributed by atoms with Gasteiger partial charge in [-0.05, 0) is 19.1 Å². The smallest absolute Gasteiger partial charge is 0.238 e. The second-order valence-electron chi connectivity index (χ2n) is 4.39. The van der Waals surface area contributed by atoms with Gasteiger partial charge in [-0.3, -0.25) is 4.79 Å². The van der Waals surface area contributed by atoms with Crippen LogP contribution in [-0.2, 0) is 11.3 Å². The molecule has 1 aromatic carbocycles. The highest BCUT2D eigenvalue weighted by Crippen LogP contribution is 2.07. The van der Waals surface area contributed by atoms with E-state index in [9.17, 15) is 4.79 Å². The highest BCUT2D eigenvalue weighted by atomic mass is 16.1. The lowest BCUT2D eigenvalue weighted by molar-refractivity contribution is -0.115. The molecule has 0 aliphatic rings. The summed E-state index contributed by atoms with van der Waals surface area (Å²) in [5.41, 5.74) is 2.00. The van der Waals surface area contributed by atoms with Crippen molar-refractivity contribution in [3.05, 3.63) is 48.5 Å². The Morgan fingerprint density at radius 2 is 2.11 bits per heavy atom. The maximum atomic E-state index is 11.7. The summed E-state index contributed by atoms with van der Waals surface area (Å²) in [6.07, 6.45) is 5.40. The van der Waals surface area contributed by atoms with Crippen molar-refractivity contribution in [2.45, 2.75) is 13.5 Å². The van der Waals surface area contributed by atoms with Crippen molar-refractivity contribution >= 4 is 11.6 Å². The molecule has 19 heavy (non-hydrogen) atoms. The van der Waals surface area contributed by atoms with E-state index in [1.165, 1.54) is 5.56 Å². The molecule has 0 fully saturated rings. The first-order chi connectivity index (χ1) is 9.24. The van der Waals surface area contributed by atoms with Crippen molar-refractivity contribution in [3.8, 4) is 0 Å². The first-order valence-corrected chi connectivity index (χ1v) is 6.27. The lowest BCUT2D eigenvalue weighted by Gasteiger charge is -2.07. The van der Waals surface area contributed by atoms with Gasteiger partial charge in [-0.15, -0.1) is 0 Å². The molecule has 0 bridgehead atoms. The standard InChI is InChI=1S/C14H18N4O/c1-12-2-4-13(5-3-12)17-14(19)10-15-6-8-18-9-7-16-11-18/h2-5,7,9,11,15H,6,8,10H2,1H3,(H,17,19). The van der Waals surface area contributed by atoms with Gasteiger partial charge < -0.3 is 15.2 Å². The van der Waals surface area contributed by atoms with Gasteiger partial charge in [-0.1, -0.05) is 17.7 Å². The van der Waals surface area contributed by atoms with E-state index in [4.69, 9.17) is 0 Å². The number of nitrogens with zero attached hydrogens (tertiary/aromatic N) is 2. The topological polar surface area (TPSA) is 59.0 Å². The number of carbonyl (C=O) groups is 1. The lowest BCUT2D eigenvalue weighted by Crippen LogP contribution is -2.30. The Morgan fingerprint density at radius 3 is 2.79 bits per heavy atom. The van der Waals surface area contributed by atoms with Crippen molar-refractivity contribution in [2.24, 2.45) is 0 Å². The largest absolute Gasteiger partial charge is 0.336 e. The minimum atomic E-state index is -0.0329. The number of amides is 1.